The molecule has 2 aromatic heterocycles. The number of carbonyl (C=O) groups is 1. The molecule has 0 N–H and O–H groups in total. The van der Waals surface area contributed by atoms with Gasteiger partial charge in [0.2, 0.25) is 5.78 Å². The molecular formula is C13H11N5O. The fourth-order valence-electron chi connectivity index (χ4n) is 1.85. The molecule has 0 amide bonds. The molecular weight excluding hydrogens is 242 g/mol. The molecule has 94 valence electrons. The molecule has 0 aliphatic carbocycles. The summed E-state index contributed by atoms with van der Waals surface area (Å²) in [5.41, 5.74) is 1.18. The lowest BCUT2D eigenvalue weighted by Crippen LogP contribution is -2.14. The topological polar surface area (TPSA) is 65.6 Å². The molecule has 0 aliphatic heterocycles. The van der Waals surface area contributed by atoms with Crippen molar-refractivity contribution in [2.75, 3.05) is 0 Å². The molecule has 0 unspecified atom stereocenters. The zero-order valence-electron chi connectivity index (χ0n) is 10.3. The van der Waals surface area contributed by atoms with Crippen molar-refractivity contribution < 1.29 is 4.79 Å². The van der Waals surface area contributed by atoms with Gasteiger partial charge in [0.15, 0.2) is 5.82 Å². The summed E-state index contributed by atoms with van der Waals surface area (Å²) in [5, 5.41) is 7.77. The summed E-state index contributed by atoms with van der Waals surface area (Å²) in [6.07, 6.45) is 4.76. The highest BCUT2D eigenvalue weighted by atomic mass is 16.1. The highest BCUT2D eigenvalue weighted by molar-refractivity contribution is 6.05. The molecule has 19 heavy (non-hydrogen) atoms. The number of imidazole rings is 1. The van der Waals surface area contributed by atoms with Crippen LogP contribution in [-0.2, 0) is 7.05 Å². The minimum Gasteiger partial charge on any atom is -0.331 e. The van der Waals surface area contributed by atoms with Crippen LogP contribution < -0.4 is 0 Å². The van der Waals surface area contributed by atoms with Crippen LogP contribution in [0.4, 0.5) is 0 Å². The lowest BCUT2D eigenvalue weighted by Gasteiger charge is -2.05. The van der Waals surface area contributed by atoms with Gasteiger partial charge in [-0.05, 0) is 12.1 Å². The van der Waals surface area contributed by atoms with Crippen molar-refractivity contribution in [1.29, 1.82) is 0 Å². The van der Waals surface area contributed by atoms with Crippen LogP contribution in [-0.4, -0.2) is 30.3 Å². The van der Waals surface area contributed by atoms with Gasteiger partial charge in [0.25, 0.3) is 0 Å². The predicted molar refractivity (Wildman–Crippen MR) is 68.0 cm³/mol. The highest BCUT2D eigenvalue weighted by Gasteiger charge is 2.19. The van der Waals surface area contributed by atoms with Gasteiger partial charge in [-0.15, -0.1) is 5.10 Å². The van der Waals surface area contributed by atoms with Gasteiger partial charge in [0, 0.05) is 19.4 Å². The number of benzene rings is 1. The molecule has 0 saturated carbocycles. The number of hydrogen-bond acceptors (Lipinski definition) is 4. The summed E-state index contributed by atoms with van der Waals surface area (Å²) < 4.78 is 3.18. The van der Waals surface area contributed by atoms with E-state index >= 15 is 0 Å². The standard InChI is InChI=1S/C13H11N5O/c1-17-8-7-14-13(17)12(19)11-9-15-16-18(11)10-5-3-2-4-6-10/h2-9H,1H3. The number of para-hydroxylation sites is 1. The molecule has 0 aliphatic rings. The van der Waals surface area contributed by atoms with Crippen molar-refractivity contribution in [1.82, 2.24) is 24.5 Å². The minimum atomic E-state index is -0.207. The SMILES string of the molecule is Cn1ccnc1C(=O)c1cnnn1-c1ccccc1. The lowest BCUT2D eigenvalue weighted by atomic mass is 10.2. The Balaban J connectivity index is 2.06. The first-order valence-corrected chi connectivity index (χ1v) is 5.75. The van der Waals surface area contributed by atoms with Gasteiger partial charge >= 0.3 is 0 Å². The summed E-state index contributed by atoms with van der Waals surface area (Å²) in [6.45, 7) is 0. The summed E-state index contributed by atoms with van der Waals surface area (Å²) in [4.78, 5) is 16.5. The first-order valence-electron chi connectivity index (χ1n) is 5.75. The van der Waals surface area contributed by atoms with E-state index in [-0.39, 0.29) is 5.78 Å². The number of ketones is 1. The maximum Gasteiger partial charge on any atom is 0.248 e. The Hall–Kier alpha value is -2.76. The first kappa shape index (κ1) is 11.3. The summed E-state index contributed by atoms with van der Waals surface area (Å²) in [6, 6.07) is 9.40. The quantitative estimate of drug-likeness (QED) is 0.658. The maximum absolute atomic E-state index is 12.4. The Morgan fingerprint density at radius 3 is 2.68 bits per heavy atom. The van der Waals surface area contributed by atoms with Crippen LogP contribution in [0.25, 0.3) is 5.69 Å². The van der Waals surface area contributed by atoms with E-state index in [1.54, 1.807) is 24.0 Å². The fraction of sp³-hybridized carbons (Fsp3) is 0.0769. The van der Waals surface area contributed by atoms with Gasteiger partial charge in [-0.2, -0.15) is 0 Å². The Bertz CT molecular complexity index is 713. The molecule has 0 fully saturated rings. The Labute approximate surface area is 109 Å². The molecule has 3 rings (SSSR count). The van der Waals surface area contributed by atoms with Crippen LogP contribution >= 0.6 is 0 Å². The maximum atomic E-state index is 12.4. The van der Waals surface area contributed by atoms with E-state index < -0.39 is 0 Å². The van der Waals surface area contributed by atoms with E-state index in [0.29, 0.717) is 11.5 Å². The largest absolute Gasteiger partial charge is 0.331 e. The third kappa shape index (κ3) is 1.93. The third-order valence-electron chi connectivity index (χ3n) is 2.81. The zero-order chi connectivity index (χ0) is 13.2. The normalized spacial score (nSPS) is 10.6. The van der Waals surface area contributed by atoms with Crippen LogP contribution in [0.3, 0.4) is 0 Å². The predicted octanol–water partition coefficient (Wildman–Crippen LogP) is 1.23. The highest BCUT2D eigenvalue weighted by Crippen LogP contribution is 2.12. The van der Waals surface area contributed by atoms with Crippen LogP contribution in [0, 0.1) is 0 Å². The molecule has 6 heteroatoms. The van der Waals surface area contributed by atoms with E-state index in [1.165, 1.54) is 10.9 Å². The average molecular weight is 253 g/mol. The van der Waals surface area contributed by atoms with Gasteiger partial charge in [0.05, 0.1) is 11.9 Å². The van der Waals surface area contributed by atoms with E-state index in [0.717, 1.165) is 5.69 Å². The van der Waals surface area contributed by atoms with Gasteiger partial charge in [-0.3, -0.25) is 4.79 Å². The molecule has 1 aromatic carbocycles. The van der Waals surface area contributed by atoms with E-state index in [9.17, 15) is 4.79 Å². The second kappa shape index (κ2) is 4.49. The van der Waals surface area contributed by atoms with Crippen LogP contribution in [0.1, 0.15) is 16.3 Å². The smallest absolute Gasteiger partial charge is 0.248 e. The summed E-state index contributed by atoms with van der Waals surface area (Å²) >= 11 is 0. The first-order chi connectivity index (χ1) is 9.27. The van der Waals surface area contributed by atoms with Gasteiger partial charge in [0.1, 0.15) is 5.69 Å². The van der Waals surface area contributed by atoms with Crippen molar-refractivity contribution >= 4 is 5.78 Å². The summed E-state index contributed by atoms with van der Waals surface area (Å²) in [5.74, 6) is 0.154. The molecule has 3 aromatic rings. The van der Waals surface area contributed by atoms with Crippen molar-refractivity contribution in [3.8, 4) is 5.69 Å². The van der Waals surface area contributed by atoms with Crippen molar-refractivity contribution in [3.63, 3.8) is 0 Å². The Kier molecular flexibility index (Phi) is 2.68. The molecule has 0 saturated heterocycles. The molecule has 0 spiro atoms. The number of rotatable bonds is 3. The average Bonchev–Trinajstić information content (AvgIpc) is 3.07. The van der Waals surface area contributed by atoms with E-state index in [2.05, 4.69) is 15.3 Å². The van der Waals surface area contributed by atoms with Gasteiger partial charge in [-0.1, -0.05) is 23.4 Å². The van der Waals surface area contributed by atoms with Crippen molar-refractivity contribution in [2.24, 2.45) is 7.05 Å². The number of nitrogens with zero attached hydrogens (tertiary/aromatic N) is 5. The Morgan fingerprint density at radius 1 is 1.21 bits per heavy atom. The molecule has 6 nitrogen and oxygen atoms in total. The number of aryl methyl sites for hydroxylation is 1. The van der Waals surface area contributed by atoms with Gasteiger partial charge < -0.3 is 4.57 Å². The van der Waals surface area contributed by atoms with Crippen LogP contribution in [0.5, 0.6) is 0 Å². The summed E-state index contributed by atoms with van der Waals surface area (Å²) in [7, 11) is 1.77. The number of aromatic nitrogens is 5. The monoisotopic (exact) mass is 253 g/mol. The van der Waals surface area contributed by atoms with E-state index in [4.69, 9.17) is 0 Å². The minimum absolute atomic E-state index is 0.207. The second-order valence-corrected chi connectivity index (χ2v) is 4.06. The second-order valence-electron chi connectivity index (χ2n) is 4.06. The van der Waals surface area contributed by atoms with Crippen molar-refractivity contribution in [3.05, 3.63) is 60.4 Å². The van der Waals surface area contributed by atoms with Crippen LogP contribution in [0.15, 0.2) is 48.9 Å². The number of hydrogen-bond donors (Lipinski definition) is 0. The lowest BCUT2D eigenvalue weighted by molar-refractivity contribution is 0.101. The molecule has 0 bridgehead atoms. The van der Waals surface area contributed by atoms with Crippen molar-refractivity contribution in [2.45, 2.75) is 0 Å². The third-order valence-corrected chi connectivity index (χ3v) is 2.81. The zero-order valence-corrected chi connectivity index (χ0v) is 10.3. The van der Waals surface area contributed by atoms with E-state index in [1.807, 2.05) is 30.3 Å². The van der Waals surface area contributed by atoms with Gasteiger partial charge in [-0.25, -0.2) is 9.67 Å². The fourth-order valence-corrected chi connectivity index (χ4v) is 1.85. The van der Waals surface area contributed by atoms with Crippen LogP contribution in [0.2, 0.25) is 0 Å². The molecule has 2 heterocycles. The molecule has 0 radical (unpaired) electrons. The molecule has 0 atom stereocenters. The Morgan fingerprint density at radius 2 is 2.00 bits per heavy atom. The number of carbonyl (C=O) groups excluding carboxylic acids is 1.